The highest BCUT2D eigenvalue weighted by atomic mass is 19.4. The predicted molar refractivity (Wildman–Crippen MR) is 44.5 cm³/mol. The molecular formula is C8H5F4NO3. The summed E-state index contributed by atoms with van der Waals surface area (Å²) in [5, 5.41) is 10.3. The zero-order chi connectivity index (χ0) is 12.5. The second-order valence-electron chi connectivity index (χ2n) is 2.88. The summed E-state index contributed by atoms with van der Waals surface area (Å²) in [6.45, 7) is 1.08. The van der Waals surface area contributed by atoms with Gasteiger partial charge in [0.2, 0.25) is 0 Å². The van der Waals surface area contributed by atoms with Gasteiger partial charge in [0.25, 0.3) is 5.69 Å². The van der Waals surface area contributed by atoms with Crippen LogP contribution in [0, 0.1) is 22.9 Å². The summed E-state index contributed by atoms with van der Waals surface area (Å²) in [5.41, 5.74) is -0.937. The van der Waals surface area contributed by atoms with E-state index in [0.29, 0.717) is 6.07 Å². The largest absolute Gasteiger partial charge is 0.573 e. The summed E-state index contributed by atoms with van der Waals surface area (Å²) >= 11 is 0. The first kappa shape index (κ1) is 12.2. The molecule has 0 aromatic heterocycles. The van der Waals surface area contributed by atoms with Crippen molar-refractivity contribution in [3.8, 4) is 5.75 Å². The lowest BCUT2D eigenvalue weighted by atomic mass is 10.2. The van der Waals surface area contributed by atoms with Crippen molar-refractivity contribution >= 4 is 5.69 Å². The fourth-order valence-electron chi connectivity index (χ4n) is 1.06. The number of ether oxygens (including phenoxy) is 1. The molecule has 0 radical (unpaired) electrons. The maximum atomic E-state index is 13.1. The van der Waals surface area contributed by atoms with E-state index in [0.717, 1.165) is 13.0 Å². The van der Waals surface area contributed by atoms with Crippen LogP contribution in [0.3, 0.4) is 0 Å². The molecule has 0 saturated carbocycles. The first-order valence-corrected chi connectivity index (χ1v) is 3.91. The van der Waals surface area contributed by atoms with Gasteiger partial charge in [-0.05, 0) is 6.92 Å². The van der Waals surface area contributed by atoms with Crippen LogP contribution in [0.15, 0.2) is 12.1 Å². The molecule has 0 atom stereocenters. The third-order valence-corrected chi connectivity index (χ3v) is 1.64. The van der Waals surface area contributed by atoms with E-state index in [4.69, 9.17) is 0 Å². The molecular weight excluding hydrogens is 234 g/mol. The minimum Gasteiger partial charge on any atom is -0.402 e. The van der Waals surface area contributed by atoms with Gasteiger partial charge in [-0.3, -0.25) is 10.1 Å². The number of halogens is 4. The Kier molecular flexibility index (Phi) is 3.02. The van der Waals surface area contributed by atoms with Crippen molar-refractivity contribution in [3.63, 3.8) is 0 Å². The zero-order valence-corrected chi connectivity index (χ0v) is 7.84. The smallest absolute Gasteiger partial charge is 0.402 e. The lowest BCUT2D eigenvalue weighted by Crippen LogP contribution is -2.18. The van der Waals surface area contributed by atoms with Gasteiger partial charge in [-0.2, -0.15) is 0 Å². The van der Waals surface area contributed by atoms with Crippen molar-refractivity contribution in [1.82, 2.24) is 0 Å². The van der Waals surface area contributed by atoms with E-state index in [1.807, 2.05) is 0 Å². The Hall–Kier alpha value is -1.86. The van der Waals surface area contributed by atoms with E-state index < -0.39 is 28.5 Å². The average molecular weight is 239 g/mol. The van der Waals surface area contributed by atoms with E-state index in [1.165, 1.54) is 0 Å². The molecule has 88 valence electrons. The summed E-state index contributed by atoms with van der Waals surface area (Å²) in [4.78, 5) is 9.37. The highest BCUT2D eigenvalue weighted by Crippen LogP contribution is 2.31. The molecule has 0 fully saturated rings. The maximum Gasteiger partial charge on any atom is 0.573 e. The SMILES string of the molecule is Cc1cc([N+](=O)[O-])cc(F)c1OC(F)(F)F. The quantitative estimate of drug-likeness (QED) is 0.453. The van der Waals surface area contributed by atoms with Gasteiger partial charge in [0.15, 0.2) is 11.6 Å². The summed E-state index contributed by atoms with van der Waals surface area (Å²) in [6.07, 6.45) is -5.04. The Labute approximate surface area is 86.6 Å². The van der Waals surface area contributed by atoms with Gasteiger partial charge in [-0.15, -0.1) is 13.2 Å². The van der Waals surface area contributed by atoms with Gasteiger partial charge in [0.05, 0.1) is 11.0 Å². The Bertz CT molecular complexity index is 407. The lowest BCUT2D eigenvalue weighted by Gasteiger charge is -2.11. The first-order valence-electron chi connectivity index (χ1n) is 3.91. The lowest BCUT2D eigenvalue weighted by molar-refractivity contribution is -0.385. The standard InChI is InChI=1S/C8H5F4NO3/c1-4-2-5(13(14)15)3-6(9)7(4)16-8(10,11)12/h2-3H,1H3. The molecule has 0 unspecified atom stereocenters. The van der Waals surface area contributed by atoms with Crippen LogP contribution >= 0.6 is 0 Å². The average Bonchev–Trinajstić information content (AvgIpc) is 2.09. The van der Waals surface area contributed by atoms with Crippen LogP contribution in [0.4, 0.5) is 23.2 Å². The van der Waals surface area contributed by atoms with E-state index in [-0.39, 0.29) is 5.56 Å². The number of nitrogens with zero attached hydrogens (tertiary/aromatic N) is 1. The monoisotopic (exact) mass is 239 g/mol. The van der Waals surface area contributed by atoms with E-state index in [2.05, 4.69) is 4.74 Å². The second-order valence-corrected chi connectivity index (χ2v) is 2.88. The topological polar surface area (TPSA) is 52.4 Å². The molecule has 0 N–H and O–H groups in total. The number of rotatable bonds is 2. The highest BCUT2D eigenvalue weighted by Gasteiger charge is 2.33. The summed E-state index contributed by atoms with van der Waals surface area (Å²) in [6, 6.07) is 1.16. The summed E-state index contributed by atoms with van der Waals surface area (Å²) in [7, 11) is 0. The Morgan fingerprint density at radius 3 is 2.31 bits per heavy atom. The Balaban J connectivity index is 3.18. The molecule has 0 aliphatic heterocycles. The van der Waals surface area contributed by atoms with E-state index in [1.54, 1.807) is 0 Å². The molecule has 4 nitrogen and oxygen atoms in total. The van der Waals surface area contributed by atoms with Crippen LogP contribution in [0.5, 0.6) is 5.75 Å². The normalized spacial score (nSPS) is 11.3. The van der Waals surface area contributed by atoms with Crippen molar-refractivity contribution in [2.24, 2.45) is 0 Å². The number of alkyl halides is 3. The van der Waals surface area contributed by atoms with E-state index >= 15 is 0 Å². The van der Waals surface area contributed by atoms with Crippen LogP contribution in [0.1, 0.15) is 5.56 Å². The predicted octanol–water partition coefficient (Wildman–Crippen LogP) is 2.94. The minimum atomic E-state index is -5.04. The van der Waals surface area contributed by atoms with Gasteiger partial charge in [0.1, 0.15) is 0 Å². The van der Waals surface area contributed by atoms with Crippen molar-refractivity contribution in [2.75, 3.05) is 0 Å². The van der Waals surface area contributed by atoms with Gasteiger partial charge in [-0.25, -0.2) is 4.39 Å². The van der Waals surface area contributed by atoms with Crippen LogP contribution in [0.25, 0.3) is 0 Å². The number of nitro benzene ring substituents is 1. The van der Waals surface area contributed by atoms with Crippen LogP contribution in [0.2, 0.25) is 0 Å². The molecule has 1 rings (SSSR count). The molecule has 0 heterocycles. The number of benzene rings is 1. The van der Waals surface area contributed by atoms with Gasteiger partial charge in [0, 0.05) is 11.6 Å². The van der Waals surface area contributed by atoms with Gasteiger partial charge in [-0.1, -0.05) is 0 Å². The van der Waals surface area contributed by atoms with Crippen LogP contribution in [-0.2, 0) is 0 Å². The number of non-ortho nitro benzene ring substituents is 1. The second kappa shape index (κ2) is 3.95. The molecule has 0 bridgehead atoms. The van der Waals surface area contributed by atoms with E-state index in [9.17, 15) is 27.7 Å². The number of nitro groups is 1. The molecule has 0 aliphatic carbocycles. The highest BCUT2D eigenvalue weighted by molar-refractivity contribution is 5.44. The fourth-order valence-corrected chi connectivity index (χ4v) is 1.06. The fraction of sp³-hybridized carbons (Fsp3) is 0.250. The molecule has 0 saturated heterocycles. The molecule has 0 spiro atoms. The van der Waals surface area contributed by atoms with Crippen LogP contribution < -0.4 is 4.74 Å². The van der Waals surface area contributed by atoms with Crippen molar-refractivity contribution < 1.29 is 27.2 Å². The number of hydrogen-bond acceptors (Lipinski definition) is 3. The molecule has 0 aliphatic rings. The van der Waals surface area contributed by atoms with Gasteiger partial charge < -0.3 is 4.74 Å². The van der Waals surface area contributed by atoms with Crippen molar-refractivity contribution in [2.45, 2.75) is 13.3 Å². The molecule has 1 aromatic carbocycles. The van der Waals surface area contributed by atoms with Crippen molar-refractivity contribution in [3.05, 3.63) is 33.6 Å². The van der Waals surface area contributed by atoms with Crippen molar-refractivity contribution in [1.29, 1.82) is 0 Å². The molecule has 16 heavy (non-hydrogen) atoms. The summed E-state index contributed by atoms with van der Waals surface area (Å²) < 4.78 is 52.0. The number of hydrogen-bond donors (Lipinski definition) is 0. The molecule has 0 amide bonds. The molecule has 1 aromatic rings. The van der Waals surface area contributed by atoms with Gasteiger partial charge >= 0.3 is 6.36 Å². The Morgan fingerprint density at radius 2 is 1.94 bits per heavy atom. The first-order chi connectivity index (χ1) is 7.20. The summed E-state index contributed by atoms with van der Waals surface area (Å²) in [5.74, 6) is -2.48. The Morgan fingerprint density at radius 1 is 1.38 bits per heavy atom. The molecule has 8 heteroatoms. The zero-order valence-electron chi connectivity index (χ0n) is 7.84. The number of aryl methyl sites for hydroxylation is 1. The minimum absolute atomic E-state index is 0.302. The maximum absolute atomic E-state index is 13.1. The van der Waals surface area contributed by atoms with Crippen LogP contribution in [-0.4, -0.2) is 11.3 Å². The third-order valence-electron chi connectivity index (χ3n) is 1.64. The third kappa shape index (κ3) is 2.81.